The number of hydrogen-bond acceptors (Lipinski definition) is 2. The van der Waals surface area contributed by atoms with Gasteiger partial charge in [0.15, 0.2) is 11.6 Å². The van der Waals surface area contributed by atoms with E-state index >= 15 is 0 Å². The fourth-order valence-corrected chi connectivity index (χ4v) is 2.66. The smallest absolute Gasteiger partial charge is 0.254 e. The number of likely N-dealkylation sites (tertiary alicyclic amines) is 1. The average Bonchev–Trinajstić information content (AvgIpc) is 2.40. The number of benzene rings is 1. The van der Waals surface area contributed by atoms with Crippen LogP contribution < -0.4 is 5.73 Å². The fourth-order valence-electron chi connectivity index (χ4n) is 2.66. The minimum absolute atomic E-state index is 0. The number of nitrogens with zero attached hydrogens (tertiary/aromatic N) is 1. The number of rotatable bonds is 2. The molecular weight excluding hydrogens is 286 g/mol. The minimum atomic E-state index is -1.000. The third-order valence-corrected chi connectivity index (χ3v) is 3.78. The summed E-state index contributed by atoms with van der Waals surface area (Å²) in [5.41, 5.74) is 5.90. The third-order valence-electron chi connectivity index (χ3n) is 3.78. The maximum absolute atomic E-state index is 13.2. The van der Waals surface area contributed by atoms with Gasteiger partial charge in [0.1, 0.15) is 0 Å². The quantitative estimate of drug-likeness (QED) is 0.913. The van der Waals surface area contributed by atoms with E-state index in [1.807, 2.05) is 0 Å². The molecule has 3 nitrogen and oxygen atoms in total. The van der Waals surface area contributed by atoms with Gasteiger partial charge >= 0.3 is 0 Å². The van der Waals surface area contributed by atoms with Crippen LogP contribution in [0.5, 0.6) is 0 Å². The van der Waals surface area contributed by atoms with E-state index in [0.717, 1.165) is 25.0 Å². The molecular formula is C14H19ClF2N2O. The Balaban J connectivity index is 0.00000200. The molecule has 1 aromatic carbocycles. The predicted octanol–water partition coefficient (Wildman–Crippen LogP) is 2.59. The molecule has 20 heavy (non-hydrogen) atoms. The Hall–Kier alpha value is -1.20. The number of amides is 1. The van der Waals surface area contributed by atoms with E-state index in [0.29, 0.717) is 19.0 Å². The lowest BCUT2D eigenvalue weighted by Gasteiger charge is -2.39. The van der Waals surface area contributed by atoms with Gasteiger partial charge in [-0.3, -0.25) is 4.79 Å². The first-order valence-corrected chi connectivity index (χ1v) is 6.50. The molecule has 1 aliphatic heterocycles. The lowest BCUT2D eigenvalue weighted by molar-refractivity contribution is 0.0532. The summed E-state index contributed by atoms with van der Waals surface area (Å²) in [5.74, 6) is -1.90. The molecule has 1 heterocycles. The summed E-state index contributed by atoms with van der Waals surface area (Å²) in [6, 6.07) is 3.21. The number of carbonyl (C=O) groups excluding carboxylic acids is 1. The molecule has 0 radical (unpaired) electrons. The van der Waals surface area contributed by atoms with Gasteiger partial charge in [-0.25, -0.2) is 8.78 Å². The van der Waals surface area contributed by atoms with Gasteiger partial charge in [0.05, 0.1) is 0 Å². The Bertz CT molecular complexity index is 484. The van der Waals surface area contributed by atoms with Crippen LogP contribution in [0.15, 0.2) is 18.2 Å². The first kappa shape index (κ1) is 16.9. The molecule has 1 aliphatic rings. The number of nitrogens with two attached hydrogens (primary N) is 1. The molecule has 112 valence electrons. The van der Waals surface area contributed by atoms with Crippen molar-refractivity contribution in [3.63, 3.8) is 0 Å². The van der Waals surface area contributed by atoms with Crippen molar-refractivity contribution in [2.45, 2.75) is 25.8 Å². The van der Waals surface area contributed by atoms with Crippen LogP contribution in [-0.4, -0.2) is 29.9 Å². The van der Waals surface area contributed by atoms with Crippen LogP contribution in [0.4, 0.5) is 8.78 Å². The van der Waals surface area contributed by atoms with Crippen LogP contribution in [0.2, 0.25) is 0 Å². The van der Waals surface area contributed by atoms with Crippen molar-refractivity contribution < 1.29 is 13.6 Å². The molecule has 0 bridgehead atoms. The van der Waals surface area contributed by atoms with Crippen LogP contribution in [-0.2, 0) is 0 Å². The first-order valence-electron chi connectivity index (χ1n) is 6.50. The number of hydrogen-bond donors (Lipinski definition) is 1. The van der Waals surface area contributed by atoms with Gasteiger partial charge in [-0.05, 0) is 37.0 Å². The van der Waals surface area contributed by atoms with Crippen LogP contribution in [0.1, 0.15) is 30.1 Å². The first-order chi connectivity index (χ1) is 9.04. The highest BCUT2D eigenvalue weighted by atomic mass is 35.5. The SMILES string of the molecule is CC1CCCN(C(=O)c2ccc(F)c(F)c2)C1CN.Cl. The van der Waals surface area contributed by atoms with Gasteiger partial charge in [-0.2, -0.15) is 0 Å². The fraction of sp³-hybridized carbons (Fsp3) is 0.500. The van der Waals surface area contributed by atoms with Crippen LogP contribution >= 0.6 is 12.4 Å². The summed E-state index contributed by atoms with van der Waals surface area (Å²) in [5, 5.41) is 0. The molecule has 1 saturated heterocycles. The Labute approximate surface area is 123 Å². The molecule has 1 aromatic rings. The normalized spacial score (nSPS) is 22.3. The van der Waals surface area contributed by atoms with Crippen molar-refractivity contribution in [1.82, 2.24) is 4.90 Å². The van der Waals surface area contributed by atoms with Crippen molar-refractivity contribution in [1.29, 1.82) is 0 Å². The average molecular weight is 305 g/mol. The highest BCUT2D eigenvalue weighted by Gasteiger charge is 2.31. The summed E-state index contributed by atoms with van der Waals surface area (Å²) in [6.07, 6.45) is 1.94. The van der Waals surface area contributed by atoms with Crippen molar-refractivity contribution in [2.75, 3.05) is 13.1 Å². The molecule has 2 N–H and O–H groups in total. The topological polar surface area (TPSA) is 46.3 Å². The molecule has 0 aliphatic carbocycles. The molecule has 1 amide bonds. The zero-order valence-electron chi connectivity index (χ0n) is 11.3. The van der Waals surface area contributed by atoms with Crippen molar-refractivity contribution in [2.24, 2.45) is 11.7 Å². The van der Waals surface area contributed by atoms with Gasteiger partial charge in [-0.15, -0.1) is 12.4 Å². The minimum Gasteiger partial charge on any atom is -0.334 e. The number of piperidine rings is 1. The maximum atomic E-state index is 13.2. The monoisotopic (exact) mass is 304 g/mol. The lowest BCUT2D eigenvalue weighted by Crippen LogP contribution is -2.51. The van der Waals surface area contributed by atoms with E-state index < -0.39 is 11.6 Å². The van der Waals surface area contributed by atoms with Gasteiger partial charge in [0.25, 0.3) is 5.91 Å². The molecule has 0 saturated carbocycles. The van der Waals surface area contributed by atoms with Crippen LogP contribution in [0, 0.1) is 17.6 Å². The molecule has 0 spiro atoms. The predicted molar refractivity (Wildman–Crippen MR) is 75.9 cm³/mol. The second-order valence-electron chi connectivity index (χ2n) is 5.05. The number of halogens is 3. The summed E-state index contributed by atoms with van der Waals surface area (Å²) < 4.78 is 26.1. The second-order valence-corrected chi connectivity index (χ2v) is 5.05. The summed E-state index contributed by atoms with van der Waals surface area (Å²) >= 11 is 0. The summed E-state index contributed by atoms with van der Waals surface area (Å²) in [7, 11) is 0. The highest BCUT2D eigenvalue weighted by Crippen LogP contribution is 2.24. The Morgan fingerprint density at radius 2 is 2.10 bits per heavy atom. The Morgan fingerprint density at radius 3 is 2.70 bits per heavy atom. The van der Waals surface area contributed by atoms with E-state index in [9.17, 15) is 13.6 Å². The molecule has 2 atom stereocenters. The van der Waals surface area contributed by atoms with Crippen molar-refractivity contribution in [3.8, 4) is 0 Å². The lowest BCUT2D eigenvalue weighted by atomic mass is 9.90. The number of carbonyl (C=O) groups is 1. The van der Waals surface area contributed by atoms with Crippen LogP contribution in [0.25, 0.3) is 0 Å². The van der Waals surface area contributed by atoms with Crippen molar-refractivity contribution >= 4 is 18.3 Å². The summed E-state index contributed by atoms with van der Waals surface area (Å²) in [4.78, 5) is 14.0. The van der Waals surface area contributed by atoms with E-state index in [1.54, 1.807) is 4.90 Å². The Kier molecular flexibility index (Phi) is 5.89. The van der Waals surface area contributed by atoms with E-state index in [1.165, 1.54) is 6.07 Å². The van der Waals surface area contributed by atoms with E-state index in [-0.39, 0.29) is 29.9 Å². The maximum Gasteiger partial charge on any atom is 0.254 e. The molecule has 6 heteroatoms. The van der Waals surface area contributed by atoms with Gasteiger partial charge in [0.2, 0.25) is 0 Å². The zero-order chi connectivity index (χ0) is 14.0. The molecule has 2 rings (SSSR count). The van der Waals surface area contributed by atoms with Gasteiger partial charge in [-0.1, -0.05) is 6.92 Å². The highest BCUT2D eigenvalue weighted by molar-refractivity contribution is 5.94. The van der Waals surface area contributed by atoms with E-state index in [2.05, 4.69) is 6.92 Å². The largest absolute Gasteiger partial charge is 0.334 e. The third kappa shape index (κ3) is 3.27. The van der Waals surface area contributed by atoms with Crippen molar-refractivity contribution in [3.05, 3.63) is 35.4 Å². The van der Waals surface area contributed by atoms with Gasteiger partial charge in [0, 0.05) is 24.7 Å². The van der Waals surface area contributed by atoms with E-state index in [4.69, 9.17) is 5.73 Å². The summed E-state index contributed by atoms with van der Waals surface area (Å²) in [6.45, 7) is 3.06. The molecule has 1 fully saturated rings. The zero-order valence-corrected chi connectivity index (χ0v) is 12.1. The second kappa shape index (κ2) is 6.99. The Morgan fingerprint density at radius 1 is 1.40 bits per heavy atom. The standard InChI is InChI=1S/C14H18F2N2O.ClH/c1-9-3-2-6-18(13(9)8-17)14(19)10-4-5-11(15)12(16)7-10;/h4-5,7,9,13H,2-3,6,8,17H2,1H3;1H. The molecule has 2 unspecified atom stereocenters. The van der Waals surface area contributed by atoms with Crippen LogP contribution in [0.3, 0.4) is 0 Å². The molecule has 0 aromatic heterocycles. The van der Waals surface area contributed by atoms with Gasteiger partial charge < -0.3 is 10.6 Å².